The van der Waals surface area contributed by atoms with Crippen molar-refractivity contribution < 1.29 is 0 Å². The van der Waals surface area contributed by atoms with Crippen LogP contribution >= 0.6 is 11.3 Å². The maximum Gasteiger partial charge on any atom is 0.169 e. The molecule has 1 aliphatic rings. The Hall–Kier alpha value is -7.66. The molecule has 61 heavy (non-hydrogen) atoms. The van der Waals surface area contributed by atoms with Crippen molar-refractivity contribution >= 4 is 58.8 Å². The first-order chi connectivity index (χ1) is 30.3. The van der Waals surface area contributed by atoms with Gasteiger partial charge in [-0.3, -0.25) is 4.40 Å². The monoisotopic (exact) mass is 793 g/mol. The van der Waals surface area contributed by atoms with Gasteiger partial charge in [0, 0.05) is 36.5 Å². The summed E-state index contributed by atoms with van der Waals surface area (Å²) < 4.78 is 4.88. The summed E-state index contributed by atoms with van der Waals surface area (Å²) >= 11 is 1.86. The van der Waals surface area contributed by atoms with Crippen LogP contribution in [0.2, 0.25) is 0 Å². The van der Waals surface area contributed by atoms with Gasteiger partial charge in [-0.2, -0.15) is 0 Å². The molecule has 3 nitrogen and oxygen atoms in total. The first kappa shape index (κ1) is 34.2. The van der Waals surface area contributed by atoms with Gasteiger partial charge >= 0.3 is 0 Å². The van der Waals surface area contributed by atoms with Crippen LogP contribution in [0, 0.1) is 0 Å². The zero-order chi connectivity index (χ0) is 40.1. The lowest BCUT2D eigenvalue weighted by molar-refractivity contribution is 0.769. The second-order valence-electron chi connectivity index (χ2n) is 16.1. The van der Waals surface area contributed by atoms with Gasteiger partial charge < -0.3 is 0 Å². The normalized spacial score (nSPS) is 13.0. The lowest BCUT2D eigenvalue weighted by atomic mass is 9.67. The van der Waals surface area contributed by atoms with Crippen molar-refractivity contribution in [3.63, 3.8) is 0 Å². The summed E-state index contributed by atoms with van der Waals surface area (Å²) in [6.45, 7) is 0. The average Bonchev–Trinajstić information content (AvgIpc) is 4.04. The number of thiophene rings is 1. The predicted octanol–water partition coefficient (Wildman–Crippen LogP) is 14.8. The minimum Gasteiger partial charge on any atom is -0.274 e. The Morgan fingerprint density at radius 2 is 0.967 bits per heavy atom. The van der Waals surface area contributed by atoms with E-state index in [0.29, 0.717) is 0 Å². The van der Waals surface area contributed by atoms with E-state index in [2.05, 4.69) is 217 Å². The number of nitrogens with zero attached hydrogens (tertiary/aromatic N) is 3. The van der Waals surface area contributed by atoms with Gasteiger partial charge in [-0.25, -0.2) is 0 Å². The summed E-state index contributed by atoms with van der Waals surface area (Å²) in [4.78, 5) is 0. The second kappa shape index (κ2) is 13.2. The minimum absolute atomic E-state index is 0.461. The molecule has 3 aromatic heterocycles. The minimum atomic E-state index is -0.461. The third-order valence-electron chi connectivity index (χ3n) is 13.0. The van der Waals surface area contributed by atoms with Crippen LogP contribution in [0.25, 0.3) is 92.3 Å². The summed E-state index contributed by atoms with van der Waals surface area (Å²) in [7, 11) is 0. The van der Waals surface area contributed by atoms with E-state index >= 15 is 0 Å². The van der Waals surface area contributed by atoms with Gasteiger partial charge in [0.1, 0.15) is 0 Å². The molecule has 1 aliphatic carbocycles. The fraction of sp³-hybridized carbons (Fsp3) is 0.0175. The molecule has 0 aliphatic heterocycles. The van der Waals surface area contributed by atoms with Gasteiger partial charge in [0.15, 0.2) is 11.5 Å². The molecule has 0 bridgehead atoms. The quantitative estimate of drug-likeness (QED) is 0.163. The molecule has 12 aromatic rings. The highest BCUT2D eigenvalue weighted by Crippen LogP contribution is 2.56. The van der Waals surface area contributed by atoms with E-state index in [0.717, 1.165) is 38.7 Å². The molecule has 0 radical (unpaired) electrons. The number of aromatic nitrogens is 3. The SMILES string of the molecule is c1ccc(C2(c3ccccc3)c3ccccc3-c3ccc(-c4ccc5c(c4)c4ccccc4c4nnc(-c6ccc(-c7cccc8c7sc7ccccc78)cc6)n54)cc32)cc1. The van der Waals surface area contributed by atoms with Crippen LogP contribution in [-0.4, -0.2) is 14.6 Å². The fourth-order valence-corrected chi connectivity index (χ4v) is 11.5. The Morgan fingerprint density at radius 1 is 0.377 bits per heavy atom. The van der Waals surface area contributed by atoms with Crippen molar-refractivity contribution in [1.29, 1.82) is 0 Å². The van der Waals surface area contributed by atoms with E-state index in [9.17, 15) is 0 Å². The van der Waals surface area contributed by atoms with Gasteiger partial charge in [0.2, 0.25) is 0 Å². The third kappa shape index (κ3) is 4.91. The topological polar surface area (TPSA) is 30.2 Å². The highest BCUT2D eigenvalue weighted by atomic mass is 32.1. The van der Waals surface area contributed by atoms with E-state index in [1.165, 1.54) is 75.8 Å². The van der Waals surface area contributed by atoms with Crippen molar-refractivity contribution in [3.05, 3.63) is 235 Å². The molecule has 0 amide bonds. The molecule has 0 fully saturated rings. The molecular formula is C57H35N3S. The Bertz CT molecular complexity index is 3650. The first-order valence-electron chi connectivity index (χ1n) is 20.8. The predicted molar refractivity (Wildman–Crippen MR) is 254 cm³/mol. The van der Waals surface area contributed by atoms with Crippen molar-refractivity contribution in [1.82, 2.24) is 14.6 Å². The molecule has 0 spiro atoms. The van der Waals surface area contributed by atoms with Crippen molar-refractivity contribution in [2.75, 3.05) is 0 Å². The van der Waals surface area contributed by atoms with Crippen molar-refractivity contribution in [2.24, 2.45) is 0 Å². The van der Waals surface area contributed by atoms with E-state index in [4.69, 9.17) is 10.2 Å². The van der Waals surface area contributed by atoms with Gasteiger partial charge in [0.05, 0.1) is 10.9 Å². The Morgan fingerprint density at radius 3 is 1.77 bits per heavy atom. The van der Waals surface area contributed by atoms with E-state index in [-0.39, 0.29) is 0 Å². The number of hydrogen-bond donors (Lipinski definition) is 0. The number of hydrogen-bond acceptors (Lipinski definition) is 3. The van der Waals surface area contributed by atoms with Crippen LogP contribution in [0.5, 0.6) is 0 Å². The molecule has 284 valence electrons. The molecule has 0 N–H and O–H groups in total. The van der Waals surface area contributed by atoms with Gasteiger partial charge in [-0.15, -0.1) is 21.5 Å². The number of fused-ring (bicyclic) bond motifs is 12. The maximum atomic E-state index is 4.88. The largest absolute Gasteiger partial charge is 0.274 e. The molecule has 4 heteroatoms. The highest BCUT2D eigenvalue weighted by Gasteiger charge is 2.46. The Balaban J connectivity index is 0.974. The summed E-state index contributed by atoms with van der Waals surface area (Å²) in [5, 5.41) is 15.7. The van der Waals surface area contributed by atoms with Gasteiger partial charge in [-0.1, -0.05) is 188 Å². The van der Waals surface area contributed by atoms with Gasteiger partial charge in [-0.05, 0) is 85.3 Å². The van der Waals surface area contributed by atoms with E-state index < -0.39 is 5.41 Å². The zero-order valence-electron chi connectivity index (χ0n) is 33.0. The number of benzene rings is 9. The molecule has 13 rings (SSSR count). The lowest BCUT2D eigenvalue weighted by Crippen LogP contribution is -2.28. The zero-order valence-corrected chi connectivity index (χ0v) is 33.8. The van der Waals surface area contributed by atoms with Crippen LogP contribution in [0.3, 0.4) is 0 Å². The molecule has 0 saturated carbocycles. The van der Waals surface area contributed by atoms with Crippen LogP contribution < -0.4 is 0 Å². The molecule has 9 aromatic carbocycles. The summed E-state index contributed by atoms with van der Waals surface area (Å²) in [5.74, 6) is 0.830. The van der Waals surface area contributed by atoms with E-state index in [1.54, 1.807) is 0 Å². The number of pyridine rings is 1. The Kier molecular flexibility index (Phi) is 7.39. The third-order valence-corrected chi connectivity index (χ3v) is 14.2. The van der Waals surface area contributed by atoms with E-state index in [1.807, 2.05) is 11.3 Å². The first-order valence-corrected chi connectivity index (χ1v) is 21.6. The number of rotatable bonds is 5. The average molecular weight is 794 g/mol. The van der Waals surface area contributed by atoms with Crippen LogP contribution in [0.4, 0.5) is 0 Å². The molecule has 0 unspecified atom stereocenters. The molecule has 0 saturated heterocycles. The Labute approximate surface area is 356 Å². The van der Waals surface area contributed by atoms with Crippen molar-refractivity contribution in [3.8, 4) is 44.8 Å². The summed E-state index contributed by atoms with van der Waals surface area (Å²) in [6, 6.07) is 77.8. The summed E-state index contributed by atoms with van der Waals surface area (Å²) in [5.41, 5.74) is 15.0. The smallest absolute Gasteiger partial charge is 0.169 e. The van der Waals surface area contributed by atoms with Gasteiger partial charge in [0.25, 0.3) is 0 Å². The molecular weight excluding hydrogens is 759 g/mol. The standard InChI is InChI=1S/C57H35N3S/c1-3-14-40(15-4-1)57(41-16-5-2-6-17-41)50-24-11-9-19-44(50)45-32-30-39(35-51(45)57)38-31-33-52-49(34-38)43-18-7-8-21-48(43)56-59-58-55(60(52)56)37-28-26-36(27-29-37)42-22-13-23-47-46-20-10-12-25-53(46)61-54(42)47/h1-35H. The second-order valence-corrected chi connectivity index (χ2v) is 17.2. The van der Waals surface area contributed by atoms with Crippen LogP contribution in [0.15, 0.2) is 212 Å². The molecule has 0 atom stereocenters. The van der Waals surface area contributed by atoms with Crippen LogP contribution in [0.1, 0.15) is 22.3 Å². The van der Waals surface area contributed by atoms with Crippen molar-refractivity contribution in [2.45, 2.75) is 5.41 Å². The highest BCUT2D eigenvalue weighted by molar-refractivity contribution is 7.26. The lowest BCUT2D eigenvalue weighted by Gasteiger charge is -2.34. The van der Waals surface area contributed by atoms with Crippen LogP contribution in [-0.2, 0) is 5.41 Å². The summed E-state index contributed by atoms with van der Waals surface area (Å²) in [6.07, 6.45) is 0. The fourth-order valence-electron chi connectivity index (χ4n) is 10.3. The molecule has 3 heterocycles. The maximum absolute atomic E-state index is 4.88.